The fraction of sp³-hybridized carbons (Fsp3) is 0.389. The number of benzene rings is 1. The molecule has 9 heteroatoms. The number of carbonyl (C=O) groups excluding carboxylic acids is 1. The second kappa shape index (κ2) is 11.5. The van der Waals surface area contributed by atoms with E-state index >= 15 is 0 Å². The van der Waals surface area contributed by atoms with Crippen molar-refractivity contribution in [3.8, 4) is 0 Å². The van der Waals surface area contributed by atoms with Gasteiger partial charge in [0.25, 0.3) is 6.47 Å². The number of amides is 1. The van der Waals surface area contributed by atoms with Crippen LogP contribution >= 0.6 is 0 Å². The van der Waals surface area contributed by atoms with Gasteiger partial charge in [0.05, 0.1) is 0 Å². The molecule has 1 saturated heterocycles. The number of hydrogen-bond acceptors (Lipinski definition) is 6. The zero-order chi connectivity index (χ0) is 19.3. The maximum absolute atomic E-state index is 12.3. The van der Waals surface area contributed by atoms with Crippen LogP contribution in [0, 0.1) is 0 Å². The monoisotopic (exact) mass is 372 g/mol. The van der Waals surface area contributed by atoms with Gasteiger partial charge >= 0.3 is 0 Å². The highest BCUT2D eigenvalue weighted by Crippen LogP contribution is 2.06. The SMILES string of the molecule is O=C(Cn1cnnn1)N1CCCN(C/C=C/c2ccccc2)CC1.O=CO. The van der Waals surface area contributed by atoms with E-state index in [1.165, 1.54) is 16.6 Å². The Kier molecular flexibility index (Phi) is 8.64. The summed E-state index contributed by atoms with van der Waals surface area (Å²) in [7, 11) is 0. The molecule has 27 heavy (non-hydrogen) atoms. The van der Waals surface area contributed by atoms with E-state index in [0.29, 0.717) is 0 Å². The van der Waals surface area contributed by atoms with Crippen molar-refractivity contribution in [1.82, 2.24) is 30.0 Å². The van der Waals surface area contributed by atoms with Crippen LogP contribution in [0.4, 0.5) is 0 Å². The molecule has 1 aromatic heterocycles. The molecule has 1 aromatic carbocycles. The van der Waals surface area contributed by atoms with Gasteiger partial charge in [-0.2, -0.15) is 0 Å². The molecule has 0 saturated carbocycles. The smallest absolute Gasteiger partial charge is 0.290 e. The molecule has 1 N–H and O–H groups in total. The summed E-state index contributed by atoms with van der Waals surface area (Å²) in [5.41, 5.74) is 1.21. The first-order chi connectivity index (χ1) is 13.2. The van der Waals surface area contributed by atoms with Gasteiger partial charge in [-0.05, 0) is 22.4 Å². The highest BCUT2D eigenvalue weighted by atomic mass is 16.3. The molecular formula is C18H24N6O3. The number of carboxylic acid groups (broad SMARTS) is 1. The maximum Gasteiger partial charge on any atom is 0.290 e. The molecular weight excluding hydrogens is 348 g/mol. The number of rotatable bonds is 5. The van der Waals surface area contributed by atoms with Crippen molar-refractivity contribution in [2.24, 2.45) is 0 Å². The van der Waals surface area contributed by atoms with E-state index in [-0.39, 0.29) is 18.9 Å². The molecule has 1 amide bonds. The normalized spacial score (nSPS) is 15.0. The molecule has 1 aliphatic rings. The van der Waals surface area contributed by atoms with Gasteiger partial charge in [0.2, 0.25) is 5.91 Å². The number of hydrogen-bond donors (Lipinski definition) is 1. The molecule has 0 atom stereocenters. The molecule has 0 spiro atoms. The lowest BCUT2D eigenvalue weighted by atomic mass is 10.2. The molecule has 0 bridgehead atoms. The van der Waals surface area contributed by atoms with Crippen LogP contribution < -0.4 is 0 Å². The summed E-state index contributed by atoms with van der Waals surface area (Å²) in [6.45, 7) is 4.30. The summed E-state index contributed by atoms with van der Waals surface area (Å²) in [5.74, 6) is 0.0731. The maximum atomic E-state index is 12.3. The molecule has 0 radical (unpaired) electrons. The van der Waals surface area contributed by atoms with Crippen LogP contribution in [0.15, 0.2) is 42.7 Å². The van der Waals surface area contributed by atoms with Crippen molar-refractivity contribution in [3.05, 3.63) is 48.3 Å². The molecule has 0 unspecified atom stereocenters. The lowest BCUT2D eigenvalue weighted by molar-refractivity contribution is -0.132. The lowest BCUT2D eigenvalue weighted by Crippen LogP contribution is -2.37. The van der Waals surface area contributed by atoms with Crippen LogP contribution in [-0.4, -0.2) is 80.2 Å². The fourth-order valence-electron chi connectivity index (χ4n) is 2.80. The average molecular weight is 372 g/mol. The highest BCUT2D eigenvalue weighted by molar-refractivity contribution is 5.75. The molecule has 0 aliphatic carbocycles. The zero-order valence-corrected chi connectivity index (χ0v) is 15.1. The standard InChI is InChI=1S/C17H22N6O.CH2O2/c24-17(14-23-15-18-19-20-23)22-11-5-10-21(12-13-22)9-4-8-16-6-2-1-3-7-16;2-1-3/h1-4,6-8,15H,5,9-14H2;1H,(H,2,3)/b8-4+;. The summed E-state index contributed by atoms with van der Waals surface area (Å²) in [6.07, 6.45) is 6.79. The quantitative estimate of drug-likeness (QED) is 0.767. The minimum absolute atomic E-state index is 0.0731. The molecule has 1 aliphatic heterocycles. The van der Waals surface area contributed by atoms with Crippen molar-refractivity contribution in [2.45, 2.75) is 13.0 Å². The summed E-state index contributed by atoms with van der Waals surface area (Å²) in [4.78, 5) is 24.9. The Morgan fingerprint density at radius 3 is 2.63 bits per heavy atom. The summed E-state index contributed by atoms with van der Waals surface area (Å²) in [5, 5.41) is 17.7. The Hall–Kier alpha value is -3.07. The van der Waals surface area contributed by atoms with Gasteiger partial charge in [0.1, 0.15) is 12.9 Å². The second-order valence-electron chi connectivity index (χ2n) is 5.96. The van der Waals surface area contributed by atoms with Crippen LogP contribution in [0.2, 0.25) is 0 Å². The molecule has 1 fully saturated rings. The lowest BCUT2D eigenvalue weighted by Gasteiger charge is -2.21. The summed E-state index contributed by atoms with van der Waals surface area (Å²) < 4.78 is 1.47. The van der Waals surface area contributed by atoms with Gasteiger partial charge in [-0.15, -0.1) is 5.10 Å². The third-order valence-corrected chi connectivity index (χ3v) is 4.10. The third-order valence-electron chi connectivity index (χ3n) is 4.10. The van der Waals surface area contributed by atoms with Crippen LogP contribution in [0.25, 0.3) is 6.08 Å². The van der Waals surface area contributed by atoms with E-state index in [2.05, 4.69) is 44.7 Å². The number of nitrogens with zero attached hydrogens (tertiary/aromatic N) is 6. The first-order valence-electron chi connectivity index (χ1n) is 8.73. The Balaban J connectivity index is 0.000000817. The molecule has 144 valence electrons. The van der Waals surface area contributed by atoms with Gasteiger partial charge in [0, 0.05) is 32.7 Å². The van der Waals surface area contributed by atoms with E-state index < -0.39 is 0 Å². The van der Waals surface area contributed by atoms with Crippen molar-refractivity contribution >= 4 is 18.5 Å². The molecule has 9 nitrogen and oxygen atoms in total. The van der Waals surface area contributed by atoms with E-state index in [1.54, 1.807) is 0 Å². The van der Waals surface area contributed by atoms with E-state index in [0.717, 1.165) is 39.1 Å². The first-order valence-corrected chi connectivity index (χ1v) is 8.73. The summed E-state index contributed by atoms with van der Waals surface area (Å²) in [6, 6.07) is 10.3. The van der Waals surface area contributed by atoms with Crippen molar-refractivity contribution in [2.75, 3.05) is 32.7 Å². The predicted molar refractivity (Wildman–Crippen MR) is 99.6 cm³/mol. The Morgan fingerprint density at radius 1 is 1.15 bits per heavy atom. The summed E-state index contributed by atoms with van der Waals surface area (Å²) >= 11 is 0. The minimum atomic E-state index is -0.250. The second-order valence-corrected chi connectivity index (χ2v) is 5.96. The van der Waals surface area contributed by atoms with Gasteiger partial charge in [-0.25, -0.2) is 4.68 Å². The third kappa shape index (κ3) is 7.37. The molecule has 2 heterocycles. The van der Waals surface area contributed by atoms with Gasteiger partial charge in [-0.3, -0.25) is 14.5 Å². The minimum Gasteiger partial charge on any atom is -0.483 e. The number of carbonyl (C=O) groups is 2. The van der Waals surface area contributed by atoms with Crippen LogP contribution in [0.1, 0.15) is 12.0 Å². The number of aromatic nitrogens is 4. The van der Waals surface area contributed by atoms with Gasteiger partial charge in [-0.1, -0.05) is 42.5 Å². The van der Waals surface area contributed by atoms with E-state index in [1.807, 2.05) is 23.1 Å². The van der Waals surface area contributed by atoms with Crippen molar-refractivity contribution in [3.63, 3.8) is 0 Å². The number of tetrazole rings is 1. The van der Waals surface area contributed by atoms with Crippen LogP contribution in [-0.2, 0) is 16.1 Å². The Morgan fingerprint density at radius 2 is 1.93 bits per heavy atom. The Labute approximate surface area is 157 Å². The van der Waals surface area contributed by atoms with Gasteiger partial charge < -0.3 is 10.0 Å². The van der Waals surface area contributed by atoms with Crippen LogP contribution in [0.3, 0.4) is 0 Å². The average Bonchev–Trinajstić information content (AvgIpc) is 3.07. The highest BCUT2D eigenvalue weighted by Gasteiger charge is 2.19. The first kappa shape index (κ1) is 20.2. The topological polar surface area (TPSA) is 104 Å². The fourth-order valence-corrected chi connectivity index (χ4v) is 2.80. The zero-order valence-electron chi connectivity index (χ0n) is 15.1. The van der Waals surface area contributed by atoms with Gasteiger partial charge in [0.15, 0.2) is 0 Å². The van der Waals surface area contributed by atoms with Crippen molar-refractivity contribution < 1.29 is 14.7 Å². The Bertz CT molecular complexity index is 705. The largest absolute Gasteiger partial charge is 0.483 e. The predicted octanol–water partition coefficient (Wildman–Crippen LogP) is 0.622. The van der Waals surface area contributed by atoms with Crippen LogP contribution in [0.5, 0.6) is 0 Å². The molecule has 2 aromatic rings. The molecule has 3 rings (SSSR count). The van der Waals surface area contributed by atoms with Crippen molar-refractivity contribution in [1.29, 1.82) is 0 Å². The van der Waals surface area contributed by atoms with E-state index in [9.17, 15) is 4.79 Å². The van der Waals surface area contributed by atoms with E-state index in [4.69, 9.17) is 9.90 Å².